The maximum absolute atomic E-state index is 14.3. The number of fused-ring (bicyclic) bond motifs is 1. The summed E-state index contributed by atoms with van der Waals surface area (Å²) in [6.45, 7) is 11.6. The molecule has 2 aromatic heterocycles. The molecule has 4 amide bonds. The Hall–Kier alpha value is -5.43. The van der Waals surface area contributed by atoms with Crippen molar-refractivity contribution in [1.82, 2.24) is 25.8 Å². The predicted molar refractivity (Wildman–Crippen MR) is 207 cm³/mol. The van der Waals surface area contributed by atoms with Crippen molar-refractivity contribution in [3.63, 3.8) is 0 Å². The first-order valence-corrected chi connectivity index (χ1v) is 18.9. The highest BCUT2D eigenvalue weighted by atomic mass is 32.1. The van der Waals surface area contributed by atoms with Gasteiger partial charge in [-0.3, -0.25) is 9.59 Å². The number of aromatic nitrogens is 1. The molecule has 0 bridgehead atoms. The van der Waals surface area contributed by atoms with Gasteiger partial charge >= 0.3 is 12.0 Å². The Morgan fingerprint density at radius 2 is 1.87 bits per heavy atom. The Labute approximate surface area is 319 Å². The summed E-state index contributed by atoms with van der Waals surface area (Å²) in [5.74, 6) is -0.592. The lowest BCUT2D eigenvalue weighted by Crippen LogP contribution is -2.59. The molecule has 5 atom stereocenters. The predicted octanol–water partition coefficient (Wildman–Crippen LogP) is 5.86. The first-order chi connectivity index (χ1) is 25.9. The maximum Gasteiger partial charge on any atom is 0.332 e. The summed E-state index contributed by atoms with van der Waals surface area (Å²) < 4.78 is 17.5. The van der Waals surface area contributed by atoms with E-state index in [-0.39, 0.29) is 31.4 Å². The number of rotatable bonds is 13. The average molecular weight is 754 g/mol. The van der Waals surface area contributed by atoms with E-state index in [1.807, 2.05) is 92.9 Å². The van der Waals surface area contributed by atoms with Crippen LogP contribution in [0.4, 0.5) is 4.79 Å². The zero-order chi connectivity index (χ0) is 38.6. The fraction of sp³-hybridized carbons (Fsp3) is 0.390. The Morgan fingerprint density at radius 1 is 1.09 bits per heavy atom. The molecule has 1 aliphatic carbocycles. The molecule has 3 N–H and O–H groups in total. The minimum absolute atomic E-state index is 0.0233. The molecule has 2 aromatic carbocycles. The van der Waals surface area contributed by atoms with Gasteiger partial charge in [-0.25, -0.2) is 14.6 Å². The number of hydrogen-bond donors (Lipinski definition) is 3. The number of hydrogen-bond acceptors (Lipinski definition) is 9. The summed E-state index contributed by atoms with van der Waals surface area (Å²) in [6, 6.07) is 18.3. The molecular formula is C41H47N5O7S. The second-order valence-corrected chi connectivity index (χ2v) is 15.7. The molecule has 1 saturated heterocycles. The van der Waals surface area contributed by atoms with Crippen LogP contribution < -0.4 is 25.4 Å². The lowest BCUT2D eigenvalue weighted by molar-refractivity contribution is -0.149. The van der Waals surface area contributed by atoms with Gasteiger partial charge in [0.25, 0.3) is 0 Å². The van der Waals surface area contributed by atoms with Gasteiger partial charge in [0.2, 0.25) is 11.8 Å². The molecule has 0 radical (unpaired) electrons. The van der Waals surface area contributed by atoms with Crippen molar-refractivity contribution in [3.8, 4) is 22.8 Å². The van der Waals surface area contributed by atoms with Crippen LogP contribution in [0.3, 0.4) is 0 Å². The van der Waals surface area contributed by atoms with Crippen LogP contribution in [-0.4, -0.2) is 77.7 Å². The van der Waals surface area contributed by atoms with Gasteiger partial charge in [0.15, 0.2) is 0 Å². The van der Waals surface area contributed by atoms with E-state index in [4.69, 9.17) is 19.2 Å². The van der Waals surface area contributed by atoms with E-state index < -0.39 is 47.0 Å². The van der Waals surface area contributed by atoms with E-state index in [1.54, 1.807) is 20.1 Å². The van der Waals surface area contributed by atoms with Crippen molar-refractivity contribution in [2.24, 2.45) is 11.3 Å². The van der Waals surface area contributed by atoms with Gasteiger partial charge in [-0.2, -0.15) is 0 Å². The normalized spacial score (nSPS) is 21.1. The Balaban J connectivity index is 1.30. The molecule has 1 saturated carbocycles. The summed E-state index contributed by atoms with van der Waals surface area (Å²) in [4.78, 5) is 62.4. The van der Waals surface area contributed by atoms with E-state index in [9.17, 15) is 19.2 Å². The highest BCUT2D eigenvalue weighted by Gasteiger charge is 2.62. The molecule has 2 aliphatic rings. The number of esters is 1. The molecule has 12 nitrogen and oxygen atoms in total. The Bertz CT molecular complexity index is 2020. The van der Waals surface area contributed by atoms with Crippen LogP contribution in [0.2, 0.25) is 0 Å². The van der Waals surface area contributed by atoms with Gasteiger partial charge in [-0.05, 0) is 42.3 Å². The van der Waals surface area contributed by atoms with Crippen molar-refractivity contribution in [2.75, 3.05) is 20.3 Å². The molecule has 4 aromatic rings. The number of methoxy groups -OCH3 is 1. The van der Waals surface area contributed by atoms with Crippen LogP contribution in [0.1, 0.15) is 45.4 Å². The number of likely N-dealkylation sites (tertiary alicyclic amines) is 1. The van der Waals surface area contributed by atoms with Gasteiger partial charge in [0, 0.05) is 40.3 Å². The lowest BCUT2D eigenvalue weighted by Gasteiger charge is -2.33. The number of nitrogens with one attached hydrogen (secondary N) is 3. The Morgan fingerprint density at radius 3 is 2.52 bits per heavy atom. The standard InChI is InChI=1S/C41H47N5O7S/c1-7-26-22-41(26,38(49)52-8-2)45-36(47)33-20-28(24-46(33)39(50)44-35(40(3,4)5)37(48)42-23-29-15-12-18-54-29)53-34-21-31(25-13-10-9-11-14-25)43-32-19-27(51-6)16-17-30(32)34/h7,9-19,21,26,28,33,35H,1,8,20,22-24H2,2-6H3,(H,42,48)(H,44,50)(H,45,47)/t26?,28-,33+,35-,41-/m1/s1. The van der Waals surface area contributed by atoms with Crippen molar-refractivity contribution < 1.29 is 33.4 Å². The third kappa shape index (κ3) is 8.20. The Kier molecular flexibility index (Phi) is 11.3. The monoisotopic (exact) mass is 753 g/mol. The molecule has 1 unspecified atom stereocenters. The molecule has 284 valence electrons. The minimum Gasteiger partial charge on any atom is -0.497 e. The van der Waals surface area contributed by atoms with E-state index in [0.29, 0.717) is 35.7 Å². The van der Waals surface area contributed by atoms with Crippen LogP contribution >= 0.6 is 11.3 Å². The summed E-state index contributed by atoms with van der Waals surface area (Å²) in [7, 11) is 1.59. The van der Waals surface area contributed by atoms with Gasteiger partial charge < -0.3 is 35.1 Å². The number of urea groups is 1. The number of ether oxygens (including phenoxy) is 3. The first-order valence-electron chi connectivity index (χ1n) is 18.1. The minimum atomic E-state index is -1.27. The van der Waals surface area contributed by atoms with E-state index in [2.05, 4.69) is 22.5 Å². The molecule has 6 rings (SSSR count). The molecule has 1 aliphatic heterocycles. The van der Waals surface area contributed by atoms with Crippen molar-refractivity contribution in [2.45, 2.75) is 70.8 Å². The number of thiophene rings is 1. The number of amides is 4. The van der Waals surface area contributed by atoms with Crippen LogP contribution in [0.15, 0.2) is 84.8 Å². The third-order valence-corrected chi connectivity index (χ3v) is 10.7. The van der Waals surface area contributed by atoms with E-state index >= 15 is 0 Å². The summed E-state index contributed by atoms with van der Waals surface area (Å²) >= 11 is 1.52. The fourth-order valence-electron chi connectivity index (χ4n) is 6.83. The number of nitrogens with zero attached hydrogens (tertiary/aromatic N) is 2. The lowest BCUT2D eigenvalue weighted by atomic mass is 9.86. The topological polar surface area (TPSA) is 148 Å². The number of benzene rings is 2. The number of carbonyl (C=O) groups is 4. The summed E-state index contributed by atoms with van der Waals surface area (Å²) in [5.41, 5.74) is 0.265. The van der Waals surface area contributed by atoms with Crippen LogP contribution in [0.5, 0.6) is 11.5 Å². The van der Waals surface area contributed by atoms with Gasteiger partial charge in [0.05, 0.1) is 38.0 Å². The fourth-order valence-corrected chi connectivity index (χ4v) is 7.47. The smallest absolute Gasteiger partial charge is 0.332 e. The molecule has 3 heterocycles. The van der Waals surface area contributed by atoms with E-state index in [0.717, 1.165) is 15.8 Å². The average Bonchev–Trinajstić information content (AvgIpc) is 3.43. The molecule has 54 heavy (non-hydrogen) atoms. The summed E-state index contributed by atoms with van der Waals surface area (Å²) in [5, 5.41) is 11.4. The largest absolute Gasteiger partial charge is 0.497 e. The first kappa shape index (κ1) is 38.3. The quantitative estimate of drug-likeness (QED) is 0.114. The van der Waals surface area contributed by atoms with Crippen LogP contribution in [0, 0.1) is 11.3 Å². The SMILES string of the molecule is C=CC1C[C@]1(NC(=O)[C@@H]1C[C@@H](Oc2cc(-c3ccccc3)nc3cc(OC)ccc23)CN1C(=O)N[C@H](C(=O)NCc1cccs1)C(C)(C)C)C(=O)OCC. The molecule has 0 spiro atoms. The molecule has 13 heteroatoms. The number of carbonyl (C=O) groups excluding carboxylic acids is 4. The van der Waals surface area contributed by atoms with Gasteiger partial charge in [0.1, 0.15) is 35.2 Å². The highest BCUT2D eigenvalue weighted by molar-refractivity contribution is 7.09. The molecular weight excluding hydrogens is 707 g/mol. The zero-order valence-electron chi connectivity index (χ0n) is 31.2. The number of pyridine rings is 1. The van der Waals surface area contributed by atoms with Gasteiger partial charge in [-0.15, -0.1) is 17.9 Å². The second-order valence-electron chi connectivity index (χ2n) is 14.7. The van der Waals surface area contributed by atoms with Crippen LogP contribution in [0.25, 0.3) is 22.2 Å². The summed E-state index contributed by atoms with van der Waals surface area (Å²) in [6.07, 6.45) is 1.43. The van der Waals surface area contributed by atoms with Crippen LogP contribution in [-0.2, 0) is 25.7 Å². The maximum atomic E-state index is 14.3. The van der Waals surface area contributed by atoms with Gasteiger partial charge in [-0.1, -0.05) is 63.2 Å². The molecule has 2 fully saturated rings. The van der Waals surface area contributed by atoms with Crippen molar-refractivity contribution in [3.05, 3.63) is 89.6 Å². The van der Waals surface area contributed by atoms with Crippen molar-refractivity contribution >= 4 is 46.1 Å². The van der Waals surface area contributed by atoms with Crippen molar-refractivity contribution in [1.29, 1.82) is 0 Å². The highest BCUT2D eigenvalue weighted by Crippen LogP contribution is 2.46. The second kappa shape index (κ2) is 15.9. The van der Waals surface area contributed by atoms with E-state index in [1.165, 1.54) is 16.2 Å². The zero-order valence-corrected chi connectivity index (χ0v) is 32.0. The third-order valence-electron chi connectivity index (χ3n) is 9.87.